The predicted octanol–water partition coefficient (Wildman–Crippen LogP) is 6.95. The van der Waals surface area contributed by atoms with Crippen molar-refractivity contribution in [2.24, 2.45) is 0 Å². The highest BCUT2D eigenvalue weighted by atomic mass is 16.1. The van der Waals surface area contributed by atoms with E-state index in [1.807, 2.05) is 12.1 Å². The maximum atomic E-state index is 13.3. The second kappa shape index (κ2) is 9.05. The molecular formula is C28H28O. The maximum Gasteiger partial charge on any atom is 0.143 e. The lowest BCUT2D eigenvalue weighted by atomic mass is 9.63. The molecule has 0 N–H and O–H groups in total. The Bertz CT molecular complexity index is 943. The fraction of sp³-hybridized carbons (Fsp3) is 0.250. The van der Waals surface area contributed by atoms with Crippen LogP contribution in [0.1, 0.15) is 54.7 Å². The van der Waals surface area contributed by atoms with Gasteiger partial charge in [0.25, 0.3) is 0 Å². The number of benzene rings is 3. The molecule has 29 heavy (non-hydrogen) atoms. The number of carbonyl (C=O) groups excluding carboxylic acids is 1. The van der Waals surface area contributed by atoms with Crippen molar-refractivity contribution < 1.29 is 4.79 Å². The Hall–Kier alpha value is -2.93. The van der Waals surface area contributed by atoms with Crippen LogP contribution >= 0.6 is 0 Å². The minimum atomic E-state index is -0.388. The van der Waals surface area contributed by atoms with E-state index in [0.29, 0.717) is 12.2 Å². The Morgan fingerprint density at radius 3 is 2.07 bits per heavy atom. The normalized spacial score (nSPS) is 20.6. The molecule has 2 atom stereocenters. The average molecular weight is 381 g/mol. The fourth-order valence-corrected chi connectivity index (χ4v) is 4.65. The van der Waals surface area contributed by atoms with Crippen molar-refractivity contribution in [3.05, 3.63) is 114 Å². The van der Waals surface area contributed by atoms with Gasteiger partial charge in [0.2, 0.25) is 0 Å². The Balaban J connectivity index is 1.73. The minimum absolute atomic E-state index is 0.193. The number of allylic oxidation sites excluding steroid dienone is 1. The van der Waals surface area contributed by atoms with Gasteiger partial charge in [-0.05, 0) is 36.0 Å². The van der Waals surface area contributed by atoms with Gasteiger partial charge in [0.05, 0.1) is 5.41 Å². The van der Waals surface area contributed by atoms with Crippen molar-refractivity contribution in [1.82, 2.24) is 0 Å². The summed E-state index contributed by atoms with van der Waals surface area (Å²) >= 11 is 0. The number of hydrogen-bond acceptors (Lipinski definition) is 1. The number of ketones is 1. The van der Waals surface area contributed by atoms with E-state index in [2.05, 4.69) is 91.0 Å². The van der Waals surface area contributed by atoms with Crippen LogP contribution in [0.2, 0.25) is 0 Å². The van der Waals surface area contributed by atoms with Crippen molar-refractivity contribution >= 4 is 11.9 Å². The van der Waals surface area contributed by atoms with Crippen LogP contribution in [0.3, 0.4) is 0 Å². The highest BCUT2D eigenvalue weighted by Crippen LogP contribution is 2.44. The highest BCUT2D eigenvalue weighted by Gasteiger charge is 2.42. The fourth-order valence-electron chi connectivity index (χ4n) is 4.65. The van der Waals surface area contributed by atoms with Crippen LogP contribution in [-0.2, 0) is 10.2 Å². The van der Waals surface area contributed by atoms with E-state index in [4.69, 9.17) is 0 Å². The largest absolute Gasteiger partial charge is 0.299 e. The molecule has 0 radical (unpaired) electrons. The minimum Gasteiger partial charge on any atom is -0.299 e. The van der Waals surface area contributed by atoms with Gasteiger partial charge in [-0.3, -0.25) is 4.79 Å². The zero-order valence-electron chi connectivity index (χ0n) is 16.8. The predicted molar refractivity (Wildman–Crippen MR) is 121 cm³/mol. The third-order valence-electron chi connectivity index (χ3n) is 6.23. The van der Waals surface area contributed by atoms with Crippen LogP contribution in [0.5, 0.6) is 0 Å². The number of Topliss-reactive ketones (excluding diaryl/α,β-unsaturated/α-hetero) is 1. The topological polar surface area (TPSA) is 17.1 Å². The summed E-state index contributed by atoms with van der Waals surface area (Å²) in [4.78, 5) is 13.3. The van der Waals surface area contributed by atoms with Gasteiger partial charge < -0.3 is 0 Å². The van der Waals surface area contributed by atoms with Gasteiger partial charge in [0.1, 0.15) is 5.78 Å². The first kappa shape index (κ1) is 19.4. The summed E-state index contributed by atoms with van der Waals surface area (Å²) < 4.78 is 0. The van der Waals surface area contributed by atoms with Crippen LogP contribution in [0.4, 0.5) is 0 Å². The molecule has 0 spiro atoms. The molecular weight excluding hydrogens is 352 g/mol. The summed E-state index contributed by atoms with van der Waals surface area (Å²) in [5, 5.41) is 0. The third-order valence-corrected chi connectivity index (χ3v) is 6.23. The molecule has 1 heteroatoms. The first-order valence-corrected chi connectivity index (χ1v) is 10.6. The number of carbonyl (C=O) groups is 1. The van der Waals surface area contributed by atoms with E-state index >= 15 is 0 Å². The van der Waals surface area contributed by atoms with E-state index in [-0.39, 0.29) is 11.3 Å². The van der Waals surface area contributed by atoms with Crippen LogP contribution < -0.4 is 0 Å². The van der Waals surface area contributed by atoms with Gasteiger partial charge in [0, 0.05) is 12.3 Å². The molecule has 1 saturated carbocycles. The van der Waals surface area contributed by atoms with E-state index in [1.54, 1.807) is 0 Å². The van der Waals surface area contributed by atoms with Crippen molar-refractivity contribution in [3.8, 4) is 0 Å². The molecule has 1 nitrogen and oxygen atoms in total. The summed E-state index contributed by atoms with van der Waals surface area (Å²) in [5.74, 6) is 0.600. The van der Waals surface area contributed by atoms with E-state index in [9.17, 15) is 4.79 Å². The van der Waals surface area contributed by atoms with E-state index < -0.39 is 0 Å². The Morgan fingerprint density at radius 1 is 0.793 bits per heavy atom. The molecule has 0 amide bonds. The molecule has 4 rings (SSSR count). The molecule has 0 unspecified atom stereocenters. The van der Waals surface area contributed by atoms with Gasteiger partial charge in [0.15, 0.2) is 0 Å². The summed E-state index contributed by atoms with van der Waals surface area (Å²) in [5.41, 5.74) is 3.25. The third kappa shape index (κ3) is 4.40. The molecule has 3 aromatic rings. The SMILES string of the molecule is O=C1CCCC[C@]1(C[C@@H](/C=C/c1ccccc1)c1ccccc1)c1ccccc1. The molecule has 0 bridgehead atoms. The van der Waals surface area contributed by atoms with E-state index in [1.165, 1.54) is 16.7 Å². The van der Waals surface area contributed by atoms with Crippen LogP contribution in [0.15, 0.2) is 97.1 Å². The lowest BCUT2D eigenvalue weighted by Crippen LogP contribution is -2.40. The molecule has 0 saturated heterocycles. The summed E-state index contributed by atoms with van der Waals surface area (Å²) in [6.07, 6.45) is 9.08. The smallest absolute Gasteiger partial charge is 0.143 e. The van der Waals surface area contributed by atoms with Gasteiger partial charge in [-0.2, -0.15) is 0 Å². The summed E-state index contributed by atoms with van der Waals surface area (Å²) in [6, 6.07) is 31.5. The molecule has 1 aliphatic carbocycles. The Morgan fingerprint density at radius 2 is 1.41 bits per heavy atom. The molecule has 1 aliphatic rings. The van der Waals surface area contributed by atoms with E-state index in [0.717, 1.165) is 25.7 Å². The summed E-state index contributed by atoms with van der Waals surface area (Å²) in [7, 11) is 0. The van der Waals surface area contributed by atoms with Crippen molar-refractivity contribution in [2.75, 3.05) is 0 Å². The zero-order valence-corrected chi connectivity index (χ0v) is 16.8. The molecule has 0 aromatic heterocycles. The van der Waals surface area contributed by atoms with Gasteiger partial charge >= 0.3 is 0 Å². The van der Waals surface area contributed by atoms with Gasteiger partial charge in [-0.25, -0.2) is 0 Å². The first-order chi connectivity index (χ1) is 14.3. The van der Waals surface area contributed by atoms with Gasteiger partial charge in [-0.1, -0.05) is 110 Å². The van der Waals surface area contributed by atoms with Crippen molar-refractivity contribution in [3.63, 3.8) is 0 Å². The van der Waals surface area contributed by atoms with Crippen LogP contribution in [0, 0.1) is 0 Å². The second-order valence-electron chi connectivity index (χ2n) is 8.07. The Labute approximate surface area is 174 Å². The number of rotatable bonds is 6. The first-order valence-electron chi connectivity index (χ1n) is 10.6. The maximum absolute atomic E-state index is 13.3. The zero-order chi connectivity index (χ0) is 19.9. The molecule has 1 fully saturated rings. The van der Waals surface area contributed by atoms with Gasteiger partial charge in [-0.15, -0.1) is 0 Å². The standard InChI is InChI=1S/C28H28O/c29-27-18-10-11-21-28(27,26-16-8-3-9-17-26)22-25(24-14-6-2-7-15-24)20-19-23-12-4-1-5-13-23/h1-9,12-17,19-20,25H,10-11,18,21-22H2/b20-19+/t25-,28+/m1/s1. The molecule has 0 heterocycles. The van der Waals surface area contributed by atoms with Crippen molar-refractivity contribution in [2.45, 2.75) is 43.4 Å². The van der Waals surface area contributed by atoms with Crippen LogP contribution in [0.25, 0.3) is 6.08 Å². The quantitative estimate of drug-likeness (QED) is 0.452. The Kier molecular flexibility index (Phi) is 6.05. The monoisotopic (exact) mass is 380 g/mol. The molecule has 3 aromatic carbocycles. The second-order valence-corrected chi connectivity index (χ2v) is 8.07. The van der Waals surface area contributed by atoms with Crippen molar-refractivity contribution in [1.29, 1.82) is 0 Å². The molecule has 0 aliphatic heterocycles. The average Bonchev–Trinajstić information content (AvgIpc) is 2.80. The number of hydrogen-bond donors (Lipinski definition) is 0. The lowest BCUT2D eigenvalue weighted by Gasteiger charge is -2.38. The van der Waals surface area contributed by atoms with Crippen LogP contribution in [-0.4, -0.2) is 5.78 Å². The highest BCUT2D eigenvalue weighted by molar-refractivity contribution is 5.91. The lowest BCUT2D eigenvalue weighted by molar-refractivity contribution is -0.127. The molecule has 146 valence electrons. The summed E-state index contributed by atoms with van der Waals surface area (Å²) in [6.45, 7) is 0.